The number of benzene rings is 1. The summed E-state index contributed by atoms with van der Waals surface area (Å²) in [7, 11) is 0. The molecule has 0 aliphatic carbocycles. The van der Waals surface area contributed by atoms with Gasteiger partial charge in [0.05, 0.1) is 6.61 Å². The van der Waals surface area contributed by atoms with Crippen molar-refractivity contribution < 1.29 is 32.2 Å². The number of carbonyl (C=O) groups excluding carboxylic acids is 1. The molecule has 2 rings (SSSR count). The van der Waals surface area contributed by atoms with Crippen LogP contribution in [0.4, 0.5) is 17.6 Å². The number of esters is 1. The Hall–Kier alpha value is -1.44. The summed E-state index contributed by atoms with van der Waals surface area (Å²) in [6.45, 7) is -0.0618. The second-order valence-corrected chi connectivity index (χ2v) is 6.18. The van der Waals surface area contributed by atoms with Gasteiger partial charge in [0.25, 0.3) is 0 Å². The van der Waals surface area contributed by atoms with E-state index in [1.54, 1.807) is 0 Å². The number of hydrogen-bond donors (Lipinski definition) is 1. The van der Waals surface area contributed by atoms with Crippen molar-refractivity contribution >= 4 is 17.7 Å². The summed E-state index contributed by atoms with van der Waals surface area (Å²) in [6, 6.07) is 0. The summed E-state index contributed by atoms with van der Waals surface area (Å²) in [5, 5.41) is 9.28. The fourth-order valence-corrected chi connectivity index (χ4v) is 3.44. The van der Waals surface area contributed by atoms with Crippen LogP contribution in [0, 0.1) is 29.2 Å². The van der Waals surface area contributed by atoms with Crippen LogP contribution in [0.15, 0.2) is 0 Å². The molecule has 8 heteroatoms. The van der Waals surface area contributed by atoms with Gasteiger partial charge in [0.1, 0.15) is 5.56 Å². The highest BCUT2D eigenvalue weighted by Gasteiger charge is 2.30. The molecule has 1 aliphatic heterocycles. The number of hydrogen-bond acceptors (Lipinski definition) is 4. The molecule has 1 saturated heterocycles. The molecule has 1 heterocycles. The second-order valence-electron chi connectivity index (χ2n) is 4.96. The Morgan fingerprint density at radius 2 is 1.68 bits per heavy atom. The molecule has 1 aliphatic rings. The van der Waals surface area contributed by atoms with E-state index in [1.165, 1.54) is 0 Å². The molecule has 1 aromatic rings. The van der Waals surface area contributed by atoms with E-state index in [0.29, 0.717) is 12.3 Å². The summed E-state index contributed by atoms with van der Waals surface area (Å²) in [5.41, 5.74) is -1.32. The summed E-state index contributed by atoms with van der Waals surface area (Å²) >= 11 is 1.83. The Kier molecular flexibility index (Phi) is 5.55. The Bertz CT molecular complexity index is 545. The average Bonchev–Trinajstić information content (AvgIpc) is 2.52. The van der Waals surface area contributed by atoms with Gasteiger partial charge in [-0.2, -0.15) is 16.2 Å². The van der Waals surface area contributed by atoms with Crippen LogP contribution >= 0.6 is 11.8 Å². The lowest BCUT2D eigenvalue weighted by Gasteiger charge is -2.20. The monoisotopic (exact) mass is 338 g/mol. The molecule has 22 heavy (non-hydrogen) atoms. The van der Waals surface area contributed by atoms with Crippen LogP contribution in [0.2, 0.25) is 0 Å². The zero-order valence-electron chi connectivity index (χ0n) is 11.5. The van der Waals surface area contributed by atoms with Crippen molar-refractivity contribution in [1.29, 1.82) is 0 Å². The van der Waals surface area contributed by atoms with Crippen LogP contribution in [0.1, 0.15) is 29.6 Å². The number of phenols is 1. The molecule has 0 amide bonds. The minimum absolute atomic E-state index is 0.0618. The summed E-state index contributed by atoms with van der Waals surface area (Å²) in [5.74, 6) is -8.92. The summed E-state index contributed by atoms with van der Waals surface area (Å²) < 4.78 is 57.4. The lowest BCUT2D eigenvalue weighted by Crippen LogP contribution is -2.16. The van der Waals surface area contributed by atoms with Crippen molar-refractivity contribution in [2.24, 2.45) is 5.92 Å². The average molecular weight is 338 g/mol. The van der Waals surface area contributed by atoms with Crippen molar-refractivity contribution in [2.75, 3.05) is 18.1 Å². The van der Waals surface area contributed by atoms with E-state index in [9.17, 15) is 27.5 Å². The maximum Gasteiger partial charge on any atom is 0.345 e. The van der Waals surface area contributed by atoms with Gasteiger partial charge in [-0.25, -0.2) is 18.0 Å². The van der Waals surface area contributed by atoms with Crippen molar-refractivity contribution in [3.05, 3.63) is 28.8 Å². The molecular weight excluding hydrogens is 324 g/mol. The summed E-state index contributed by atoms with van der Waals surface area (Å²) in [4.78, 5) is 11.7. The zero-order valence-corrected chi connectivity index (χ0v) is 12.3. The third kappa shape index (κ3) is 3.48. The standard InChI is InChI=1S/C14H14F4O3S/c15-9-8(13(19)12(18)11(17)10(9)16)14(20)21-4-1-7-2-5-22-6-3-7/h7,19H,1-6H2. The number of phenolic OH excluding ortho intramolecular Hbond substituents is 1. The van der Waals surface area contributed by atoms with Crippen molar-refractivity contribution in [2.45, 2.75) is 19.3 Å². The van der Waals surface area contributed by atoms with E-state index >= 15 is 0 Å². The first kappa shape index (κ1) is 16.9. The molecule has 0 saturated carbocycles. The van der Waals surface area contributed by atoms with Gasteiger partial charge in [0.15, 0.2) is 17.4 Å². The van der Waals surface area contributed by atoms with Gasteiger partial charge in [-0.3, -0.25) is 0 Å². The van der Waals surface area contributed by atoms with Crippen LogP contribution < -0.4 is 0 Å². The first-order chi connectivity index (χ1) is 10.4. The van der Waals surface area contributed by atoms with Gasteiger partial charge >= 0.3 is 5.97 Å². The van der Waals surface area contributed by atoms with Crippen molar-refractivity contribution in [3.8, 4) is 5.75 Å². The Morgan fingerprint density at radius 3 is 2.32 bits per heavy atom. The summed E-state index contributed by atoms with van der Waals surface area (Å²) in [6.07, 6.45) is 2.49. The number of ether oxygens (including phenoxy) is 1. The van der Waals surface area contributed by atoms with E-state index in [2.05, 4.69) is 0 Å². The molecule has 1 aromatic carbocycles. The highest BCUT2D eigenvalue weighted by Crippen LogP contribution is 2.30. The Morgan fingerprint density at radius 1 is 1.09 bits per heavy atom. The fraction of sp³-hybridized carbons (Fsp3) is 0.500. The molecule has 0 unspecified atom stereocenters. The van der Waals surface area contributed by atoms with Gasteiger partial charge < -0.3 is 9.84 Å². The van der Waals surface area contributed by atoms with Crippen LogP contribution in [0.3, 0.4) is 0 Å². The van der Waals surface area contributed by atoms with Gasteiger partial charge in [0.2, 0.25) is 11.6 Å². The highest BCUT2D eigenvalue weighted by atomic mass is 32.2. The lowest BCUT2D eigenvalue weighted by molar-refractivity contribution is 0.0469. The predicted octanol–water partition coefficient (Wildman–Crippen LogP) is 3.64. The lowest BCUT2D eigenvalue weighted by atomic mass is 9.99. The molecule has 0 radical (unpaired) electrons. The SMILES string of the molecule is O=C(OCCC1CCSCC1)c1c(O)c(F)c(F)c(F)c1F. The van der Waals surface area contributed by atoms with Crippen LogP contribution in [-0.4, -0.2) is 29.2 Å². The molecule has 0 atom stereocenters. The Balaban J connectivity index is 2.03. The molecule has 3 nitrogen and oxygen atoms in total. The van der Waals surface area contributed by atoms with E-state index in [4.69, 9.17) is 4.74 Å². The molecule has 1 N–H and O–H groups in total. The second kappa shape index (κ2) is 7.21. The number of halogens is 4. The first-order valence-corrected chi connectivity index (χ1v) is 7.88. The van der Waals surface area contributed by atoms with Crippen molar-refractivity contribution in [3.63, 3.8) is 0 Å². The third-order valence-corrected chi connectivity index (χ3v) is 4.60. The first-order valence-electron chi connectivity index (χ1n) is 6.73. The van der Waals surface area contributed by atoms with Crippen LogP contribution in [0.25, 0.3) is 0 Å². The normalized spacial score (nSPS) is 15.8. The molecule has 0 aromatic heterocycles. The van der Waals surface area contributed by atoms with Crippen LogP contribution in [-0.2, 0) is 4.74 Å². The Labute approximate surface area is 128 Å². The molecule has 122 valence electrons. The number of carbonyl (C=O) groups is 1. The number of rotatable bonds is 4. The van der Waals surface area contributed by atoms with E-state index < -0.39 is 40.6 Å². The minimum atomic E-state index is -2.17. The zero-order chi connectivity index (χ0) is 16.3. The molecule has 0 bridgehead atoms. The maximum atomic E-state index is 13.5. The van der Waals surface area contributed by atoms with Crippen LogP contribution in [0.5, 0.6) is 5.75 Å². The smallest absolute Gasteiger partial charge is 0.345 e. The predicted molar refractivity (Wildman–Crippen MR) is 72.9 cm³/mol. The van der Waals surface area contributed by atoms with Gasteiger partial charge in [0, 0.05) is 0 Å². The number of aromatic hydroxyl groups is 1. The van der Waals surface area contributed by atoms with Crippen molar-refractivity contribution in [1.82, 2.24) is 0 Å². The van der Waals surface area contributed by atoms with E-state index in [0.717, 1.165) is 24.3 Å². The third-order valence-electron chi connectivity index (χ3n) is 3.55. The van der Waals surface area contributed by atoms with Gasteiger partial charge in [-0.1, -0.05) is 0 Å². The minimum Gasteiger partial charge on any atom is -0.504 e. The maximum absolute atomic E-state index is 13.5. The number of thioether (sulfide) groups is 1. The van der Waals surface area contributed by atoms with E-state index in [-0.39, 0.29) is 6.61 Å². The molecule has 1 fully saturated rings. The topological polar surface area (TPSA) is 46.5 Å². The largest absolute Gasteiger partial charge is 0.504 e. The fourth-order valence-electron chi connectivity index (χ4n) is 2.23. The molecular formula is C14H14F4O3S. The highest BCUT2D eigenvalue weighted by molar-refractivity contribution is 7.99. The van der Waals surface area contributed by atoms with Gasteiger partial charge in [-0.05, 0) is 36.7 Å². The van der Waals surface area contributed by atoms with Gasteiger partial charge in [-0.15, -0.1) is 0 Å². The van der Waals surface area contributed by atoms with E-state index in [1.807, 2.05) is 11.8 Å². The quantitative estimate of drug-likeness (QED) is 0.394. The molecule has 0 spiro atoms.